The predicted molar refractivity (Wildman–Crippen MR) is 232 cm³/mol. The predicted octanol–water partition coefficient (Wildman–Crippen LogP) is 10.6. The van der Waals surface area contributed by atoms with E-state index in [1.54, 1.807) is 0 Å². The molecule has 3 amide bonds. The van der Waals surface area contributed by atoms with Crippen LogP contribution in [0.5, 0.6) is 0 Å². The average molecular weight is 785 g/mol. The van der Waals surface area contributed by atoms with Crippen LogP contribution in [-0.4, -0.2) is 55.8 Å². The van der Waals surface area contributed by atoms with Crippen LogP contribution in [0.3, 0.4) is 0 Å². The summed E-state index contributed by atoms with van der Waals surface area (Å²) in [5, 5.41) is 9.18. The Bertz CT molecular complexity index is 1080. The van der Waals surface area contributed by atoms with E-state index in [1.165, 1.54) is 64.2 Å². The number of esters is 1. The van der Waals surface area contributed by atoms with E-state index >= 15 is 0 Å². The van der Waals surface area contributed by atoms with Crippen LogP contribution >= 0.6 is 0 Å². The van der Waals surface area contributed by atoms with E-state index in [0.29, 0.717) is 32.2 Å². The van der Waals surface area contributed by atoms with Crippen LogP contribution in [0.4, 0.5) is 0 Å². The van der Waals surface area contributed by atoms with Gasteiger partial charge < -0.3 is 25.6 Å². The lowest BCUT2D eigenvalue weighted by atomic mass is 10.1. The molecule has 1 rings (SSSR count). The average Bonchev–Trinajstić information content (AvgIpc) is 3.17. The molecular formula is C47H84N4O5. The molecule has 322 valence electrons. The maximum atomic E-state index is 12.6. The number of rotatable bonds is 38. The van der Waals surface area contributed by atoms with Crippen LogP contribution in [-0.2, 0) is 43.6 Å². The Hall–Kier alpha value is -2.94. The van der Waals surface area contributed by atoms with Crippen molar-refractivity contribution < 1.29 is 23.9 Å². The smallest absolute Gasteiger partial charge is 0.306 e. The summed E-state index contributed by atoms with van der Waals surface area (Å²) in [5.74, 6) is 0.223. The first kappa shape index (κ1) is 51.1. The molecule has 0 aromatic heterocycles. The maximum absolute atomic E-state index is 12.6. The summed E-state index contributed by atoms with van der Waals surface area (Å²) in [6.07, 6.45) is 29.1. The molecule has 1 aromatic carbocycles. The summed E-state index contributed by atoms with van der Waals surface area (Å²) < 4.78 is 5.64. The standard InChI is InChI=1S/C47H84N4O5/c1-5-7-9-11-13-17-23-29-44(52)48-33-27-21-15-19-25-31-46(54)50-38-41-35-42(39-51(3)4)37-43(36-41)40-56-47(55)32-26-20-16-22-28-34-49-45(53)30-24-18-14-12-10-8-6-2/h35-37H,5-34,38-40H2,1-4H3,(H,48,52)(H,49,53)(H,50,54). The molecule has 0 aliphatic heterocycles. The first-order valence-corrected chi connectivity index (χ1v) is 23.0. The zero-order chi connectivity index (χ0) is 40.9. The number of ether oxygens (including phenoxy) is 1. The highest BCUT2D eigenvalue weighted by Crippen LogP contribution is 2.15. The van der Waals surface area contributed by atoms with Gasteiger partial charge in [0.25, 0.3) is 0 Å². The summed E-state index contributed by atoms with van der Waals surface area (Å²) in [5.41, 5.74) is 3.06. The van der Waals surface area contributed by atoms with Crippen molar-refractivity contribution in [2.75, 3.05) is 27.2 Å². The van der Waals surface area contributed by atoms with Gasteiger partial charge in [0.2, 0.25) is 17.7 Å². The van der Waals surface area contributed by atoms with Gasteiger partial charge in [-0.3, -0.25) is 19.2 Å². The quantitative estimate of drug-likeness (QED) is 0.0454. The van der Waals surface area contributed by atoms with E-state index in [2.05, 4.69) is 46.8 Å². The van der Waals surface area contributed by atoms with Gasteiger partial charge in [0.1, 0.15) is 6.61 Å². The summed E-state index contributed by atoms with van der Waals surface area (Å²) in [4.78, 5) is 51.3. The Morgan fingerprint density at radius 3 is 1.30 bits per heavy atom. The first-order valence-electron chi connectivity index (χ1n) is 23.0. The molecule has 1 aromatic rings. The fourth-order valence-corrected chi connectivity index (χ4v) is 6.99. The lowest BCUT2D eigenvalue weighted by Crippen LogP contribution is -2.24. The van der Waals surface area contributed by atoms with Crippen molar-refractivity contribution in [3.63, 3.8) is 0 Å². The molecule has 3 N–H and O–H groups in total. The van der Waals surface area contributed by atoms with Gasteiger partial charge in [0.05, 0.1) is 0 Å². The minimum atomic E-state index is -0.181. The lowest BCUT2D eigenvalue weighted by Gasteiger charge is -2.14. The van der Waals surface area contributed by atoms with Crippen LogP contribution < -0.4 is 16.0 Å². The second-order valence-electron chi connectivity index (χ2n) is 16.3. The molecule has 0 saturated carbocycles. The van der Waals surface area contributed by atoms with Gasteiger partial charge in [0.15, 0.2) is 0 Å². The highest BCUT2D eigenvalue weighted by molar-refractivity contribution is 5.76. The molecule has 0 radical (unpaired) electrons. The number of carbonyl (C=O) groups excluding carboxylic acids is 4. The molecule has 0 saturated heterocycles. The van der Waals surface area contributed by atoms with E-state index in [1.807, 2.05) is 20.2 Å². The highest BCUT2D eigenvalue weighted by atomic mass is 16.5. The van der Waals surface area contributed by atoms with Crippen molar-refractivity contribution in [2.45, 2.75) is 213 Å². The minimum absolute atomic E-state index is 0.0529. The largest absolute Gasteiger partial charge is 0.461 e. The zero-order valence-electron chi connectivity index (χ0n) is 36.6. The van der Waals surface area contributed by atoms with Gasteiger partial charge in [-0.05, 0) is 69.3 Å². The fraction of sp³-hybridized carbons (Fsp3) is 0.787. The van der Waals surface area contributed by atoms with Crippen molar-refractivity contribution in [1.82, 2.24) is 20.9 Å². The Balaban J connectivity index is 2.18. The van der Waals surface area contributed by atoms with E-state index in [9.17, 15) is 19.2 Å². The summed E-state index contributed by atoms with van der Waals surface area (Å²) in [6.45, 7) is 7.37. The Kier molecular flexibility index (Phi) is 33.2. The zero-order valence-corrected chi connectivity index (χ0v) is 36.6. The number of carbonyl (C=O) groups is 4. The molecule has 0 bridgehead atoms. The van der Waals surface area contributed by atoms with Gasteiger partial charge >= 0.3 is 5.97 Å². The molecule has 0 atom stereocenters. The number of hydrogen-bond donors (Lipinski definition) is 3. The number of hydrogen-bond acceptors (Lipinski definition) is 6. The topological polar surface area (TPSA) is 117 Å². The third-order valence-electron chi connectivity index (χ3n) is 10.3. The summed E-state index contributed by atoms with van der Waals surface area (Å²) >= 11 is 0. The van der Waals surface area contributed by atoms with Crippen molar-refractivity contribution >= 4 is 23.7 Å². The number of nitrogens with zero attached hydrogens (tertiary/aromatic N) is 1. The fourth-order valence-electron chi connectivity index (χ4n) is 6.99. The third kappa shape index (κ3) is 32.2. The molecule has 0 spiro atoms. The Morgan fingerprint density at radius 2 is 0.839 bits per heavy atom. The van der Waals surface area contributed by atoms with Crippen molar-refractivity contribution in [1.29, 1.82) is 0 Å². The maximum Gasteiger partial charge on any atom is 0.306 e. The second-order valence-corrected chi connectivity index (χ2v) is 16.3. The number of benzene rings is 1. The van der Waals surface area contributed by atoms with Crippen molar-refractivity contribution in [3.05, 3.63) is 34.9 Å². The van der Waals surface area contributed by atoms with Crippen molar-refractivity contribution in [3.8, 4) is 0 Å². The molecule has 56 heavy (non-hydrogen) atoms. The summed E-state index contributed by atoms with van der Waals surface area (Å²) in [6, 6.07) is 6.21. The van der Waals surface area contributed by atoms with Crippen LogP contribution in [0.15, 0.2) is 18.2 Å². The second kappa shape index (κ2) is 36.4. The van der Waals surface area contributed by atoms with Crippen LogP contribution in [0.2, 0.25) is 0 Å². The van der Waals surface area contributed by atoms with E-state index in [4.69, 9.17) is 4.74 Å². The molecule has 9 heteroatoms. The third-order valence-corrected chi connectivity index (χ3v) is 10.3. The van der Waals surface area contributed by atoms with E-state index in [0.717, 1.165) is 126 Å². The highest BCUT2D eigenvalue weighted by Gasteiger charge is 2.09. The van der Waals surface area contributed by atoms with Crippen LogP contribution in [0, 0.1) is 0 Å². The van der Waals surface area contributed by atoms with Gasteiger partial charge in [-0.15, -0.1) is 0 Å². The SMILES string of the molecule is CCCCCCCCCC(=O)NCCCCCCCC(=O)NCc1cc(COC(=O)CCCCCCCNC(=O)CCCCCCCCC)cc(CN(C)C)c1. The van der Waals surface area contributed by atoms with Crippen molar-refractivity contribution in [2.24, 2.45) is 0 Å². The molecule has 0 aliphatic rings. The van der Waals surface area contributed by atoms with Gasteiger partial charge in [0, 0.05) is 51.9 Å². The molecular weight excluding hydrogens is 701 g/mol. The Labute approximate surface area is 343 Å². The minimum Gasteiger partial charge on any atom is -0.461 e. The summed E-state index contributed by atoms with van der Waals surface area (Å²) in [7, 11) is 4.05. The van der Waals surface area contributed by atoms with Crippen LogP contribution in [0.1, 0.15) is 210 Å². The van der Waals surface area contributed by atoms with E-state index < -0.39 is 0 Å². The molecule has 9 nitrogen and oxygen atoms in total. The lowest BCUT2D eigenvalue weighted by molar-refractivity contribution is -0.145. The van der Waals surface area contributed by atoms with Crippen LogP contribution in [0.25, 0.3) is 0 Å². The van der Waals surface area contributed by atoms with Gasteiger partial charge in [-0.1, -0.05) is 148 Å². The van der Waals surface area contributed by atoms with Gasteiger partial charge in [-0.25, -0.2) is 0 Å². The number of amides is 3. The van der Waals surface area contributed by atoms with Gasteiger partial charge in [-0.2, -0.15) is 0 Å². The number of nitrogens with one attached hydrogen (secondary N) is 3. The van der Waals surface area contributed by atoms with E-state index in [-0.39, 0.29) is 30.3 Å². The molecule has 0 aliphatic carbocycles. The first-order chi connectivity index (χ1) is 27.2. The molecule has 0 heterocycles. The Morgan fingerprint density at radius 1 is 0.464 bits per heavy atom. The molecule has 0 fully saturated rings. The normalized spacial score (nSPS) is 11.2. The molecule has 0 unspecified atom stereocenters. The monoisotopic (exact) mass is 785 g/mol. The number of unbranched alkanes of at least 4 members (excludes halogenated alkanes) is 20.